The van der Waals surface area contributed by atoms with Crippen LogP contribution in [0.1, 0.15) is 50.0 Å². The second-order valence-electron chi connectivity index (χ2n) is 6.50. The average Bonchev–Trinajstić information content (AvgIpc) is 2.93. The number of carbonyl (C=O) groups is 1. The Labute approximate surface area is 146 Å². The van der Waals surface area contributed by atoms with Crippen LogP contribution in [0, 0.1) is 0 Å². The molecule has 2 rings (SSSR count). The van der Waals surface area contributed by atoms with Gasteiger partial charge in [0.25, 0.3) is 0 Å². The van der Waals surface area contributed by atoms with E-state index in [1.165, 1.54) is 11.3 Å². The number of ether oxygens (including phenoxy) is 1. The summed E-state index contributed by atoms with van der Waals surface area (Å²) >= 11 is 1.19. The summed E-state index contributed by atoms with van der Waals surface area (Å²) in [5, 5.41) is 0.287. The molecule has 0 aromatic carbocycles. The molecule has 0 aliphatic carbocycles. The highest BCUT2D eigenvalue weighted by atomic mass is 32.1. The van der Waals surface area contributed by atoms with Gasteiger partial charge in [-0.3, -0.25) is 0 Å². The van der Waals surface area contributed by atoms with E-state index in [-0.39, 0.29) is 24.0 Å². The van der Waals surface area contributed by atoms with Crippen LogP contribution >= 0.6 is 11.3 Å². The van der Waals surface area contributed by atoms with E-state index in [1.54, 1.807) is 13.0 Å². The third kappa shape index (κ3) is 3.64. The summed E-state index contributed by atoms with van der Waals surface area (Å²) in [6, 6.07) is 0. The van der Waals surface area contributed by atoms with E-state index in [2.05, 4.69) is 4.98 Å². The molecule has 0 spiro atoms. The van der Waals surface area contributed by atoms with E-state index < -0.39 is 24.3 Å². The summed E-state index contributed by atoms with van der Waals surface area (Å²) in [6.07, 6.45) is 1.75. The largest absolute Gasteiger partial charge is 0.491 e. The molecule has 0 bridgehead atoms. The molecule has 1 aliphatic heterocycles. The lowest BCUT2D eigenvalue weighted by Crippen LogP contribution is -2.41. The SMILES string of the molecule is CCOC(=O)c1nc(N)sc1C=C(CN)B1OC(C)(C)C(C)(C)O1. The predicted molar refractivity (Wildman–Crippen MR) is 95.6 cm³/mol. The molecule has 0 atom stereocenters. The molecule has 0 amide bonds. The van der Waals surface area contributed by atoms with Crippen molar-refractivity contribution in [3.05, 3.63) is 16.0 Å². The smallest absolute Gasteiger partial charge is 0.461 e. The van der Waals surface area contributed by atoms with Crippen LogP contribution in [0.5, 0.6) is 0 Å². The van der Waals surface area contributed by atoms with Crippen LogP contribution in [0.3, 0.4) is 0 Å². The lowest BCUT2D eigenvalue weighted by Gasteiger charge is -2.32. The number of esters is 1. The topological polar surface area (TPSA) is 110 Å². The second-order valence-corrected chi connectivity index (χ2v) is 7.56. The van der Waals surface area contributed by atoms with E-state index >= 15 is 0 Å². The molecule has 0 saturated carbocycles. The number of nitrogens with two attached hydrogens (primary N) is 2. The molecule has 24 heavy (non-hydrogen) atoms. The number of aromatic nitrogens is 1. The molecule has 132 valence electrons. The molecule has 0 radical (unpaired) electrons. The van der Waals surface area contributed by atoms with Crippen molar-refractivity contribution in [2.24, 2.45) is 5.73 Å². The fraction of sp³-hybridized carbons (Fsp3) is 0.600. The van der Waals surface area contributed by atoms with Crippen LogP contribution in [0.4, 0.5) is 5.13 Å². The minimum absolute atomic E-state index is 0.182. The monoisotopic (exact) mass is 353 g/mol. The first-order valence-electron chi connectivity index (χ1n) is 7.81. The maximum Gasteiger partial charge on any atom is 0.491 e. The fourth-order valence-electron chi connectivity index (χ4n) is 2.18. The maximum atomic E-state index is 12.0. The van der Waals surface area contributed by atoms with Gasteiger partial charge in [0.15, 0.2) is 10.8 Å². The highest BCUT2D eigenvalue weighted by molar-refractivity contribution is 7.16. The number of anilines is 1. The van der Waals surface area contributed by atoms with E-state index in [0.29, 0.717) is 10.3 Å². The normalized spacial score (nSPS) is 19.6. The second kappa shape index (κ2) is 6.83. The van der Waals surface area contributed by atoms with Gasteiger partial charge in [-0.05, 0) is 46.2 Å². The van der Waals surface area contributed by atoms with Crippen LogP contribution in [0.2, 0.25) is 0 Å². The van der Waals surface area contributed by atoms with Crippen molar-refractivity contribution in [1.82, 2.24) is 4.98 Å². The van der Waals surface area contributed by atoms with Crippen molar-refractivity contribution in [1.29, 1.82) is 0 Å². The summed E-state index contributed by atoms with van der Waals surface area (Å²) in [5.74, 6) is -0.512. The summed E-state index contributed by atoms with van der Waals surface area (Å²) in [5.41, 5.74) is 11.6. The van der Waals surface area contributed by atoms with E-state index in [0.717, 1.165) is 0 Å². The molecule has 2 heterocycles. The van der Waals surface area contributed by atoms with E-state index in [9.17, 15) is 4.79 Å². The van der Waals surface area contributed by atoms with Gasteiger partial charge in [0.2, 0.25) is 0 Å². The van der Waals surface area contributed by atoms with Crippen LogP contribution in [-0.4, -0.2) is 42.4 Å². The number of nitrogens with zero attached hydrogens (tertiary/aromatic N) is 1. The zero-order valence-corrected chi connectivity index (χ0v) is 15.5. The minimum atomic E-state index is -0.585. The summed E-state index contributed by atoms with van der Waals surface area (Å²) in [7, 11) is -0.585. The summed E-state index contributed by atoms with van der Waals surface area (Å²) in [6.45, 7) is 10.1. The van der Waals surface area contributed by atoms with Crippen LogP contribution in [0.25, 0.3) is 6.08 Å². The third-order valence-electron chi connectivity index (χ3n) is 4.25. The Morgan fingerprint density at radius 3 is 2.42 bits per heavy atom. The molecule has 1 aromatic rings. The van der Waals surface area contributed by atoms with E-state index in [4.69, 9.17) is 25.5 Å². The molecule has 1 fully saturated rings. The van der Waals surface area contributed by atoms with Crippen molar-refractivity contribution >= 4 is 35.6 Å². The van der Waals surface area contributed by atoms with Gasteiger partial charge in [-0.15, -0.1) is 0 Å². The van der Waals surface area contributed by atoms with Crippen LogP contribution in [-0.2, 0) is 14.0 Å². The predicted octanol–water partition coefficient (Wildman–Crippen LogP) is 1.88. The van der Waals surface area contributed by atoms with Gasteiger partial charge < -0.3 is 25.5 Å². The Morgan fingerprint density at radius 1 is 1.33 bits per heavy atom. The molecule has 4 N–H and O–H groups in total. The van der Waals surface area contributed by atoms with Gasteiger partial charge in [-0.25, -0.2) is 9.78 Å². The number of hydrogen-bond donors (Lipinski definition) is 2. The minimum Gasteiger partial charge on any atom is -0.461 e. The average molecular weight is 353 g/mol. The molecule has 9 heteroatoms. The summed E-state index contributed by atoms with van der Waals surface area (Å²) < 4.78 is 17.0. The van der Waals surface area contributed by atoms with Crippen molar-refractivity contribution in [2.75, 3.05) is 18.9 Å². The Bertz CT molecular complexity index is 641. The lowest BCUT2D eigenvalue weighted by molar-refractivity contribution is 0.00578. The number of carbonyl (C=O) groups excluding carboxylic acids is 1. The van der Waals surface area contributed by atoms with Gasteiger partial charge >= 0.3 is 13.1 Å². The number of nitrogen functional groups attached to an aromatic ring is 1. The zero-order chi connectivity index (χ0) is 18.1. The Kier molecular flexibility index (Phi) is 5.39. The quantitative estimate of drug-likeness (QED) is 0.614. The van der Waals surface area contributed by atoms with Crippen molar-refractivity contribution in [3.63, 3.8) is 0 Å². The molecular weight excluding hydrogens is 329 g/mol. The van der Waals surface area contributed by atoms with Crippen molar-refractivity contribution in [3.8, 4) is 0 Å². The molecule has 1 saturated heterocycles. The molecule has 1 aromatic heterocycles. The number of thiazole rings is 1. The standard InChI is InChI=1S/C15H24BN3O4S/c1-6-21-12(20)11-10(24-13(18)19-11)7-9(8-17)16-22-14(2,3)15(4,5)23-16/h7H,6,8,17H2,1-5H3,(H2,18,19). The highest BCUT2D eigenvalue weighted by Gasteiger charge is 2.52. The molecule has 0 unspecified atom stereocenters. The van der Waals surface area contributed by atoms with Crippen LogP contribution < -0.4 is 11.5 Å². The Balaban J connectivity index is 2.34. The van der Waals surface area contributed by atoms with Gasteiger partial charge in [0.05, 0.1) is 22.7 Å². The van der Waals surface area contributed by atoms with Gasteiger partial charge in [-0.2, -0.15) is 0 Å². The van der Waals surface area contributed by atoms with Crippen molar-refractivity contribution < 1.29 is 18.8 Å². The fourth-order valence-corrected chi connectivity index (χ4v) is 2.98. The number of hydrogen-bond acceptors (Lipinski definition) is 8. The molecule has 7 nitrogen and oxygen atoms in total. The Morgan fingerprint density at radius 2 is 1.92 bits per heavy atom. The third-order valence-corrected chi connectivity index (χ3v) is 5.08. The zero-order valence-electron chi connectivity index (χ0n) is 14.7. The number of rotatable bonds is 5. The van der Waals surface area contributed by atoms with Gasteiger partial charge in [-0.1, -0.05) is 11.3 Å². The first-order valence-corrected chi connectivity index (χ1v) is 8.62. The first kappa shape index (κ1) is 18.9. The van der Waals surface area contributed by atoms with Crippen molar-refractivity contribution in [2.45, 2.75) is 45.8 Å². The van der Waals surface area contributed by atoms with Crippen LogP contribution in [0.15, 0.2) is 5.47 Å². The maximum absolute atomic E-state index is 12.0. The highest BCUT2D eigenvalue weighted by Crippen LogP contribution is 2.39. The molecular formula is C15H24BN3O4S. The van der Waals surface area contributed by atoms with Gasteiger partial charge in [0, 0.05) is 6.54 Å². The lowest BCUT2D eigenvalue weighted by atomic mass is 9.77. The first-order chi connectivity index (χ1) is 11.1. The van der Waals surface area contributed by atoms with E-state index in [1.807, 2.05) is 27.7 Å². The summed E-state index contributed by atoms with van der Waals surface area (Å²) in [4.78, 5) is 16.7. The molecule has 1 aliphatic rings. The Hall–Kier alpha value is -1.42. The van der Waals surface area contributed by atoms with Gasteiger partial charge in [0.1, 0.15) is 0 Å².